The third-order valence-electron chi connectivity index (χ3n) is 1.26. The van der Waals surface area contributed by atoms with Gasteiger partial charge in [-0.25, -0.2) is 9.37 Å². The molecule has 1 rings (SSSR count). The van der Waals surface area contributed by atoms with E-state index in [1.165, 1.54) is 6.20 Å². The Bertz CT molecular complexity index is 235. The second-order valence-corrected chi connectivity index (χ2v) is 1.97. The van der Waals surface area contributed by atoms with Crippen molar-refractivity contribution in [3.63, 3.8) is 0 Å². The minimum absolute atomic E-state index is 0.671. The summed E-state index contributed by atoms with van der Waals surface area (Å²) >= 11 is 0. The van der Waals surface area contributed by atoms with Gasteiger partial charge in [0.2, 0.25) is 5.95 Å². The molecule has 0 radical (unpaired) electrons. The van der Waals surface area contributed by atoms with Crippen molar-refractivity contribution in [3.8, 4) is 0 Å². The van der Waals surface area contributed by atoms with Gasteiger partial charge in [0.05, 0.1) is 0 Å². The molecule has 0 aliphatic carbocycles. The SMILES string of the molecule is CCc1cnc(F)c(F)c1. The monoisotopic (exact) mass is 143 g/mol. The summed E-state index contributed by atoms with van der Waals surface area (Å²) in [4.78, 5) is 3.21. The van der Waals surface area contributed by atoms with Gasteiger partial charge in [-0.2, -0.15) is 4.39 Å². The molecule has 1 aromatic heterocycles. The summed E-state index contributed by atoms with van der Waals surface area (Å²) in [5.41, 5.74) is 0.707. The van der Waals surface area contributed by atoms with E-state index in [-0.39, 0.29) is 0 Å². The van der Waals surface area contributed by atoms with E-state index < -0.39 is 11.8 Å². The Hall–Kier alpha value is -0.990. The van der Waals surface area contributed by atoms with Crippen LogP contribution in [0.3, 0.4) is 0 Å². The van der Waals surface area contributed by atoms with Gasteiger partial charge < -0.3 is 0 Å². The van der Waals surface area contributed by atoms with Crippen molar-refractivity contribution in [3.05, 3.63) is 29.6 Å². The summed E-state index contributed by atoms with van der Waals surface area (Å²) in [7, 11) is 0. The molecular weight excluding hydrogens is 136 g/mol. The maximum absolute atomic E-state index is 12.3. The van der Waals surface area contributed by atoms with Crippen molar-refractivity contribution in [2.45, 2.75) is 13.3 Å². The zero-order valence-corrected chi connectivity index (χ0v) is 5.56. The van der Waals surface area contributed by atoms with Crippen LogP contribution in [0.25, 0.3) is 0 Å². The highest BCUT2D eigenvalue weighted by Crippen LogP contribution is 2.04. The van der Waals surface area contributed by atoms with Crippen LogP contribution in [0.15, 0.2) is 12.3 Å². The van der Waals surface area contributed by atoms with Crippen molar-refractivity contribution < 1.29 is 8.78 Å². The molecule has 0 N–H and O–H groups in total. The van der Waals surface area contributed by atoms with Crippen LogP contribution >= 0.6 is 0 Å². The first kappa shape index (κ1) is 7.12. The lowest BCUT2D eigenvalue weighted by atomic mass is 10.2. The van der Waals surface area contributed by atoms with Gasteiger partial charge in [-0.1, -0.05) is 6.92 Å². The van der Waals surface area contributed by atoms with Crippen LogP contribution in [0, 0.1) is 11.8 Å². The zero-order valence-electron chi connectivity index (χ0n) is 5.56. The van der Waals surface area contributed by atoms with Crippen LogP contribution in [0.1, 0.15) is 12.5 Å². The van der Waals surface area contributed by atoms with E-state index in [1.807, 2.05) is 6.92 Å². The third kappa shape index (κ3) is 1.29. The number of hydrogen-bond acceptors (Lipinski definition) is 1. The summed E-state index contributed by atoms with van der Waals surface area (Å²) in [5.74, 6) is -1.91. The quantitative estimate of drug-likeness (QED) is 0.547. The van der Waals surface area contributed by atoms with Crippen molar-refractivity contribution >= 4 is 0 Å². The summed E-state index contributed by atoms with van der Waals surface area (Å²) < 4.78 is 24.5. The topological polar surface area (TPSA) is 12.9 Å². The summed E-state index contributed by atoms with van der Waals surface area (Å²) in [6.45, 7) is 1.86. The van der Waals surface area contributed by atoms with Gasteiger partial charge in [-0.3, -0.25) is 0 Å². The highest BCUT2D eigenvalue weighted by molar-refractivity contribution is 5.10. The van der Waals surface area contributed by atoms with Crippen LogP contribution in [0.5, 0.6) is 0 Å². The van der Waals surface area contributed by atoms with Crippen molar-refractivity contribution in [2.24, 2.45) is 0 Å². The van der Waals surface area contributed by atoms with E-state index in [2.05, 4.69) is 4.98 Å². The van der Waals surface area contributed by atoms with Crippen molar-refractivity contribution in [2.75, 3.05) is 0 Å². The number of halogens is 2. The minimum Gasteiger partial charge on any atom is -0.225 e. The maximum Gasteiger partial charge on any atom is 0.248 e. The van der Waals surface area contributed by atoms with Gasteiger partial charge in [-0.15, -0.1) is 0 Å². The van der Waals surface area contributed by atoms with Crippen LogP contribution < -0.4 is 0 Å². The molecule has 0 atom stereocenters. The Balaban J connectivity index is 3.04. The normalized spacial score (nSPS) is 9.90. The van der Waals surface area contributed by atoms with Crippen LogP contribution in [-0.2, 0) is 6.42 Å². The molecule has 0 unspecified atom stereocenters. The molecule has 10 heavy (non-hydrogen) atoms. The highest BCUT2D eigenvalue weighted by Gasteiger charge is 2.01. The molecular formula is C7H7F2N. The zero-order chi connectivity index (χ0) is 7.56. The lowest BCUT2D eigenvalue weighted by molar-refractivity contribution is 0.477. The van der Waals surface area contributed by atoms with E-state index >= 15 is 0 Å². The number of nitrogens with zero attached hydrogens (tertiary/aromatic N) is 1. The van der Waals surface area contributed by atoms with Gasteiger partial charge >= 0.3 is 0 Å². The first-order chi connectivity index (χ1) is 4.74. The molecule has 1 nitrogen and oxygen atoms in total. The average molecular weight is 143 g/mol. The Kier molecular flexibility index (Phi) is 1.94. The van der Waals surface area contributed by atoms with E-state index in [0.29, 0.717) is 12.0 Å². The summed E-state index contributed by atoms with van der Waals surface area (Å²) in [6.07, 6.45) is 2.00. The van der Waals surface area contributed by atoms with Crippen LogP contribution in [0.4, 0.5) is 8.78 Å². The fraction of sp³-hybridized carbons (Fsp3) is 0.286. The average Bonchev–Trinajstić information content (AvgIpc) is 1.95. The largest absolute Gasteiger partial charge is 0.248 e. The molecule has 0 aliphatic rings. The number of rotatable bonds is 1. The van der Waals surface area contributed by atoms with Gasteiger partial charge in [0.25, 0.3) is 0 Å². The first-order valence-corrected chi connectivity index (χ1v) is 3.04. The highest BCUT2D eigenvalue weighted by atomic mass is 19.2. The number of aryl methyl sites for hydroxylation is 1. The molecule has 0 aromatic carbocycles. The van der Waals surface area contributed by atoms with Gasteiger partial charge in [0.15, 0.2) is 5.82 Å². The molecule has 1 aromatic rings. The second-order valence-electron chi connectivity index (χ2n) is 1.97. The lowest BCUT2D eigenvalue weighted by Crippen LogP contribution is -1.91. The lowest BCUT2D eigenvalue weighted by Gasteiger charge is -1.94. The van der Waals surface area contributed by atoms with Gasteiger partial charge in [0.1, 0.15) is 0 Å². The molecule has 0 saturated carbocycles. The fourth-order valence-corrected chi connectivity index (χ4v) is 0.654. The van der Waals surface area contributed by atoms with E-state index in [4.69, 9.17) is 0 Å². The third-order valence-corrected chi connectivity index (χ3v) is 1.26. The summed E-state index contributed by atoms with van der Waals surface area (Å²) in [6, 6.07) is 1.16. The standard InChI is InChI=1S/C7H7F2N/c1-2-5-3-6(8)7(9)10-4-5/h3-4H,2H2,1H3. The van der Waals surface area contributed by atoms with Crippen molar-refractivity contribution in [1.82, 2.24) is 4.98 Å². The Morgan fingerprint density at radius 3 is 2.70 bits per heavy atom. The number of pyridine rings is 1. The molecule has 3 heteroatoms. The second kappa shape index (κ2) is 2.73. The van der Waals surface area contributed by atoms with Crippen molar-refractivity contribution in [1.29, 1.82) is 0 Å². The Morgan fingerprint density at radius 1 is 1.50 bits per heavy atom. The van der Waals surface area contributed by atoms with E-state index in [0.717, 1.165) is 6.07 Å². The smallest absolute Gasteiger partial charge is 0.225 e. The van der Waals surface area contributed by atoms with Gasteiger partial charge in [-0.05, 0) is 18.1 Å². The molecule has 0 bridgehead atoms. The number of hydrogen-bond donors (Lipinski definition) is 0. The fourth-order valence-electron chi connectivity index (χ4n) is 0.654. The maximum atomic E-state index is 12.3. The Labute approximate surface area is 57.7 Å². The molecule has 1 heterocycles. The van der Waals surface area contributed by atoms with E-state index in [1.54, 1.807) is 0 Å². The predicted molar refractivity (Wildman–Crippen MR) is 33.5 cm³/mol. The first-order valence-electron chi connectivity index (χ1n) is 3.04. The predicted octanol–water partition coefficient (Wildman–Crippen LogP) is 1.92. The molecule has 0 fully saturated rings. The van der Waals surface area contributed by atoms with Crippen LogP contribution in [-0.4, -0.2) is 4.98 Å². The van der Waals surface area contributed by atoms with Gasteiger partial charge in [0, 0.05) is 6.20 Å². The molecule has 0 spiro atoms. The summed E-state index contributed by atoms with van der Waals surface area (Å²) in [5, 5.41) is 0. The Morgan fingerprint density at radius 2 is 2.20 bits per heavy atom. The molecule has 54 valence electrons. The number of aromatic nitrogens is 1. The molecule has 0 saturated heterocycles. The molecule has 0 amide bonds. The van der Waals surface area contributed by atoms with Crippen LogP contribution in [0.2, 0.25) is 0 Å². The molecule has 0 aliphatic heterocycles. The minimum atomic E-state index is -1.03. The van der Waals surface area contributed by atoms with E-state index in [9.17, 15) is 8.78 Å².